The molecule has 2 aromatic carbocycles. The van der Waals surface area contributed by atoms with Crippen LogP contribution in [0.3, 0.4) is 0 Å². The Balaban J connectivity index is 1.80. The highest BCUT2D eigenvalue weighted by atomic mass is 19.4. The van der Waals surface area contributed by atoms with Gasteiger partial charge in [-0.2, -0.15) is 18.4 Å². The summed E-state index contributed by atoms with van der Waals surface area (Å²) in [5.41, 5.74) is 1.31. The van der Waals surface area contributed by atoms with Crippen molar-refractivity contribution in [3.63, 3.8) is 0 Å². The van der Waals surface area contributed by atoms with Crippen LogP contribution in [0.25, 0.3) is 21.9 Å². The number of ether oxygens (including phenoxy) is 1. The number of fused-ring (bicyclic) bond motifs is 4. The highest BCUT2D eigenvalue weighted by molar-refractivity contribution is 6.09. The van der Waals surface area contributed by atoms with Gasteiger partial charge in [0.15, 0.2) is 11.3 Å². The molecule has 2 heterocycles. The number of benzene rings is 2. The lowest BCUT2D eigenvalue weighted by molar-refractivity contribution is -0.137. The number of aryl methyl sites for hydroxylation is 2. The molecular weight excluding hydrogens is 419 g/mol. The number of furan rings is 1. The Morgan fingerprint density at radius 3 is 2.75 bits per heavy atom. The van der Waals surface area contributed by atoms with E-state index in [9.17, 15) is 18.4 Å². The molecule has 0 fully saturated rings. The molecule has 0 aliphatic heterocycles. The molecule has 5 nitrogen and oxygen atoms in total. The molecule has 1 aliphatic rings. The Kier molecular flexibility index (Phi) is 4.41. The number of methoxy groups -OCH3 is 1. The minimum absolute atomic E-state index is 0.307. The first-order valence-corrected chi connectivity index (χ1v) is 10.1. The minimum Gasteiger partial charge on any atom is -0.493 e. The molecule has 0 amide bonds. The van der Waals surface area contributed by atoms with Gasteiger partial charge in [0.05, 0.1) is 24.2 Å². The van der Waals surface area contributed by atoms with E-state index in [1.54, 1.807) is 18.3 Å². The Morgan fingerprint density at radius 2 is 2.03 bits per heavy atom. The fourth-order valence-electron chi connectivity index (χ4n) is 4.63. The first-order valence-electron chi connectivity index (χ1n) is 10.1. The van der Waals surface area contributed by atoms with E-state index in [0.717, 1.165) is 23.4 Å². The summed E-state index contributed by atoms with van der Waals surface area (Å²) in [7, 11) is 1.47. The van der Waals surface area contributed by atoms with Crippen molar-refractivity contribution in [1.29, 1.82) is 5.26 Å². The number of alkyl halides is 3. The lowest BCUT2D eigenvalue weighted by Crippen LogP contribution is -2.33. The van der Waals surface area contributed by atoms with Crippen molar-refractivity contribution in [3.05, 3.63) is 64.7 Å². The maximum absolute atomic E-state index is 13.4. The predicted molar refractivity (Wildman–Crippen MR) is 111 cm³/mol. The average molecular weight is 437 g/mol. The molecule has 0 N–H and O–H groups in total. The molecule has 2 aromatic heterocycles. The van der Waals surface area contributed by atoms with Crippen LogP contribution < -0.4 is 4.74 Å². The van der Waals surface area contributed by atoms with Gasteiger partial charge in [-0.3, -0.25) is 0 Å². The zero-order valence-corrected chi connectivity index (χ0v) is 17.4. The quantitative estimate of drug-likeness (QED) is 0.405. The summed E-state index contributed by atoms with van der Waals surface area (Å²) < 4.78 is 51.7. The van der Waals surface area contributed by atoms with Gasteiger partial charge in [-0.05, 0) is 61.6 Å². The molecule has 4 aromatic rings. The average Bonchev–Trinajstić information content (AvgIpc) is 3.16. The number of halogens is 3. The third-order valence-electron chi connectivity index (χ3n) is 6.21. The Morgan fingerprint density at radius 1 is 1.22 bits per heavy atom. The molecule has 0 radical (unpaired) electrons. The minimum atomic E-state index is -4.50. The maximum Gasteiger partial charge on any atom is 0.416 e. The second-order valence-corrected chi connectivity index (χ2v) is 8.09. The molecule has 1 aliphatic carbocycles. The van der Waals surface area contributed by atoms with Crippen LogP contribution in [0.15, 0.2) is 40.9 Å². The zero-order chi connectivity index (χ0) is 22.7. The largest absolute Gasteiger partial charge is 0.493 e. The lowest BCUT2D eigenvalue weighted by Gasteiger charge is -2.32. The molecule has 1 unspecified atom stereocenters. The topological polar surface area (TPSA) is 71.9 Å². The number of hydrogen-bond donors (Lipinski definition) is 0. The highest BCUT2D eigenvalue weighted by Gasteiger charge is 2.40. The normalized spacial score (nSPS) is 18.5. The Labute approximate surface area is 181 Å². The first-order chi connectivity index (χ1) is 15.3. The van der Waals surface area contributed by atoms with Crippen molar-refractivity contribution < 1.29 is 22.3 Å². The fourth-order valence-corrected chi connectivity index (χ4v) is 4.63. The van der Waals surface area contributed by atoms with E-state index in [-0.39, 0.29) is 0 Å². The van der Waals surface area contributed by atoms with Crippen molar-refractivity contribution in [3.8, 4) is 11.8 Å². The van der Waals surface area contributed by atoms with Crippen molar-refractivity contribution in [1.82, 2.24) is 9.97 Å². The first kappa shape index (κ1) is 20.3. The van der Waals surface area contributed by atoms with Gasteiger partial charge in [0.1, 0.15) is 11.4 Å². The molecule has 162 valence electrons. The summed E-state index contributed by atoms with van der Waals surface area (Å²) in [5.74, 6) is 1.07. The van der Waals surface area contributed by atoms with Crippen LogP contribution in [0.2, 0.25) is 0 Å². The molecule has 5 rings (SSSR count). The number of aromatic nitrogens is 2. The third kappa shape index (κ3) is 3.00. The van der Waals surface area contributed by atoms with Gasteiger partial charge in [0.2, 0.25) is 0 Å². The molecule has 8 heteroatoms. The van der Waals surface area contributed by atoms with E-state index in [1.165, 1.54) is 13.2 Å². The second-order valence-electron chi connectivity index (χ2n) is 8.09. The van der Waals surface area contributed by atoms with E-state index in [1.807, 2.05) is 6.92 Å². The summed E-state index contributed by atoms with van der Waals surface area (Å²) in [6, 6.07) is 9.31. The van der Waals surface area contributed by atoms with Crippen molar-refractivity contribution in [2.75, 3.05) is 7.11 Å². The predicted octanol–water partition coefficient (Wildman–Crippen LogP) is 5.66. The van der Waals surface area contributed by atoms with Crippen LogP contribution in [0, 0.1) is 18.3 Å². The molecule has 0 bridgehead atoms. The summed E-state index contributed by atoms with van der Waals surface area (Å²) in [4.78, 5) is 8.76. The smallest absolute Gasteiger partial charge is 0.416 e. The van der Waals surface area contributed by atoms with E-state index in [0.29, 0.717) is 58.3 Å². The van der Waals surface area contributed by atoms with Gasteiger partial charge in [0, 0.05) is 22.7 Å². The summed E-state index contributed by atoms with van der Waals surface area (Å²) in [6.07, 6.45) is -1.34. The zero-order valence-electron chi connectivity index (χ0n) is 17.4. The van der Waals surface area contributed by atoms with Gasteiger partial charge in [-0.25, -0.2) is 9.97 Å². The van der Waals surface area contributed by atoms with E-state index < -0.39 is 17.2 Å². The van der Waals surface area contributed by atoms with E-state index in [4.69, 9.17) is 9.15 Å². The highest BCUT2D eigenvalue weighted by Crippen LogP contribution is 2.46. The Bertz CT molecular complexity index is 1420. The maximum atomic E-state index is 13.4. The number of nitrogens with zero attached hydrogens (tertiary/aromatic N) is 3. The molecular formula is C24H18F3N3O2. The summed E-state index contributed by atoms with van der Waals surface area (Å²) in [5, 5.41) is 11.1. The molecule has 32 heavy (non-hydrogen) atoms. The number of nitriles is 1. The lowest BCUT2D eigenvalue weighted by atomic mass is 9.68. The van der Waals surface area contributed by atoms with Crippen LogP contribution >= 0.6 is 0 Å². The van der Waals surface area contributed by atoms with Crippen molar-refractivity contribution in [2.45, 2.75) is 37.8 Å². The molecule has 0 saturated heterocycles. The van der Waals surface area contributed by atoms with Gasteiger partial charge in [0.25, 0.3) is 0 Å². The van der Waals surface area contributed by atoms with Gasteiger partial charge in [-0.1, -0.05) is 6.07 Å². The van der Waals surface area contributed by atoms with Crippen molar-refractivity contribution >= 4 is 21.9 Å². The van der Waals surface area contributed by atoms with Gasteiger partial charge >= 0.3 is 6.18 Å². The standard InChI is InChI=1S/C24H18F3N3O2/c1-13-29-11-14-10-23(12-28,8-7-18(14)30-13)17-4-6-20(31-2)22-21(17)16-9-15(24(25,26)27)3-5-19(16)32-22/h3-6,9,11H,7-8,10H2,1-2H3. The molecule has 0 spiro atoms. The third-order valence-corrected chi connectivity index (χ3v) is 6.21. The summed E-state index contributed by atoms with van der Waals surface area (Å²) >= 11 is 0. The van der Waals surface area contributed by atoms with E-state index in [2.05, 4.69) is 16.0 Å². The summed E-state index contributed by atoms with van der Waals surface area (Å²) in [6.45, 7) is 1.81. The van der Waals surface area contributed by atoms with Crippen molar-refractivity contribution in [2.24, 2.45) is 0 Å². The van der Waals surface area contributed by atoms with Crippen LogP contribution in [0.5, 0.6) is 5.75 Å². The number of rotatable bonds is 2. The monoisotopic (exact) mass is 437 g/mol. The van der Waals surface area contributed by atoms with Gasteiger partial charge in [-0.15, -0.1) is 0 Å². The van der Waals surface area contributed by atoms with Gasteiger partial charge < -0.3 is 9.15 Å². The Hall–Kier alpha value is -3.60. The second kappa shape index (κ2) is 6.95. The van der Waals surface area contributed by atoms with Crippen LogP contribution in [0.4, 0.5) is 13.2 Å². The van der Waals surface area contributed by atoms with E-state index >= 15 is 0 Å². The van der Waals surface area contributed by atoms with Crippen LogP contribution in [0.1, 0.15) is 34.6 Å². The van der Waals surface area contributed by atoms with Crippen LogP contribution in [-0.4, -0.2) is 17.1 Å². The number of hydrogen-bond acceptors (Lipinski definition) is 5. The SMILES string of the molecule is COc1ccc(C2(C#N)CCc3nc(C)ncc3C2)c2c1oc1ccc(C(F)(F)F)cc12. The molecule has 0 saturated carbocycles. The molecule has 1 atom stereocenters. The fraction of sp³-hybridized carbons (Fsp3) is 0.292. The van der Waals surface area contributed by atoms with Crippen LogP contribution in [-0.2, 0) is 24.4 Å².